The third-order valence-corrected chi connectivity index (χ3v) is 2.86. The second-order valence-corrected chi connectivity index (χ2v) is 6.51. The van der Waals surface area contributed by atoms with Gasteiger partial charge in [-0.05, 0) is 28.0 Å². The number of carbonyl (C=O) groups excluding carboxylic acids is 1. The lowest BCUT2D eigenvalue weighted by Crippen LogP contribution is -2.24. The van der Waals surface area contributed by atoms with Gasteiger partial charge in [-0.15, -0.1) is 0 Å². The van der Waals surface area contributed by atoms with Gasteiger partial charge in [-0.25, -0.2) is 4.39 Å². The number of carbonyl (C=O) groups is 1. The third kappa shape index (κ3) is 2.74. The largest absolute Gasteiger partial charge is 0.298 e. The molecule has 0 fully saturated rings. The summed E-state index contributed by atoms with van der Waals surface area (Å²) in [6.07, 6.45) is 0.580. The molecule has 0 N–H and O–H groups in total. The second kappa shape index (κ2) is 4.25. The summed E-state index contributed by atoms with van der Waals surface area (Å²) in [6, 6.07) is 3.44. The number of aldehydes is 1. The van der Waals surface area contributed by atoms with Crippen LogP contribution in [0.3, 0.4) is 0 Å². The Morgan fingerprint density at radius 2 is 1.53 bits per heavy atom. The molecule has 0 aromatic heterocycles. The molecule has 0 aliphatic heterocycles. The summed E-state index contributed by atoms with van der Waals surface area (Å²) < 4.78 is 14.3. The van der Waals surface area contributed by atoms with Crippen LogP contribution in [0, 0.1) is 5.82 Å². The standard InChI is InChI=1S/C15H21FO/c1-14(2,3)11-8-7-10(9-17)13(16)12(11)15(4,5)6/h7-9H,1-6H3. The molecule has 0 heterocycles. The average molecular weight is 236 g/mol. The molecule has 94 valence electrons. The molecular weight excluding hydrogens is 215 g/mol. The van der Waals surface area contributed by atoms with Crippen molar-refractivity contribution in [1.29, 1.82) is 0 Å². The van der Waals surface area contributed by atoms with Crippen molar-refractivity contribution in [2.24, 2.45) is 0 Å². The maximum absolute atomic E-state index is 14.3. The maximum Gasteiger partial charge on any atom is 0.153 e. The Morgan fingerprint density at radius 3 is 1.88 bits per heavy atom. The zero-order valence-corrected chi connectivity index (χ0v) is 11.5. The van der Waals surface area contributed by atoms with Crippen LogP contribution in [0.15, 0.2) is 12.1 Å². The van der Waals surface area contributed by atoms with Gasteiger partial charge in [0.05, 0.1) is 5.56 Å². The molecule has 1 rings (SSSR count). The minimum Gasteiger partial charge on any atom is -0.298 e. The quantitative estimate of drug-likeness (QED) is 0.667. The number of benzene rings is 1. The van der Waals surface area contributed by atoms with E-state index in [9.17, 15) is 9.18 Å². The lowest BCUT2D eigenvalue weighted by atomic mass is 9.74. The molecule has 2 heteroatoms. The van der Waals surface area contributed by atoms with E-state index >= 15 is 0 Å². The molecule has 0 aliphatic carbocycles. The zero-order chi connectivity index (χ0) is 13.4. The molecular formula is C15H21FO. The minimum atomic E-state index is -0.375. The summed E-state index contributed by atoms with van der Waals surface area (Å²) in [7, 11) is 0. The molecule has 1 aromatic rings. The van der Waals surface area contributed by atoms with Crippen LogP contribution >= 0.6 is 0 Å². The van der Waals surface area contributed by atoms with Gasteiger partial charge in [-0.3, -0.25) is 4.79 Å². The average Bonchev–Trinajstić information content (AvgIpc) is 2.13. The van der Waals surface area contributed by atoms with Crippen molar-refractivity contribution in [2.45, 2.75) is 52.4 Å². The van der Waals surface area contributed by atoms with E-state index in [1.807, 2.05) is 26.8 Å². The Morgan fingerprint density at radius 1 is 1.00 bits per heavy atom. The molecule has 0 radical (unpaired) electrons. The summed E-state index contributed by atoms with van der Waals surface area (Å²) in [5.74, 6) is -0.375. The van der Waals surface area contributed by atoms with Crippen LogP contribution in [-0.4, -0.2) is 6.29 Å². The molecule has 0 spiro atoms. The molecule has 0 bridgehead atoms. The maximum atomic E-state index is 14.3. The smallest absolute Gasteiger partial charge is 0.153 e. The fourth-order valence-corrected chi connectivity index (χ4v) is 2.04. The lowest BCUT2D eigenvalue weighted by molar-refractivity contribution is 0.111. The topological polar surface area (TPSA) is 17.1 Å². The summed E-state index contributed by atoms with van der Waals surface area (Å²) in [4.78, 5) is 10.8. The molecule has 0 atom stereocenters. The third-order valence-electron chi connectivity index (χ3n) is 2.86. The van der Waals surface area contributed by atoms with Crippen molar-refractivity contribution < 1.29 is 9.18 Å². The van der Waals surface area contributed by atoms with Crippen LogP contribution in [0.5, 0.6) is 0 Å². The van der Waals surface area contributed by atoms with Crippen molar-refractivity contribution in [1.82, 2.24) is 0 Å². The number of rotatable bonds is 1. The SMILES string of the molecule is CC(C)(C)c1ccc(C=O)c(F)c1C(C)(C)C. The van der Waals surface area contributed by atoms with Gasteiger partial charge in [0.15, 0.2) is 6.29 Å². The number of hydrogen-bond acceptors (Lipinski definition) is 1. The van der Waals surface area contributed by atoms with Gasteiger partial charge >= 0.3 is 0 Å². The van der Waals surface area contributed by atoms with Gasteiger partial charge in [0.1, 0.15) is 5.82 Å². The molecule has 1 nitrogen and oxygen atoms in total. The van der Waals surface area contributed by atoms with E-state index in [1.54, 1.807) is 6.07 Å². The van der Waals surface area contributed by atoms with E-state index in [4.69, 9.17) is 0 Å². The van der Waals surface area contributed by atoms with Crippen LogP contribution in [0.25, 0.3) is 0 Å². The van der Waals surface area contributed by atoms with E-state index in [0.717, 1.165) is 5.56 Å². The second-order valence-electron chi connectivity index (χ2n) is 6.51. The molecule has 0 aliphatic rings. The summed E-state index contributed by atoms with van der Waals surface area (Å²) in [5.41, 5.74) is 1.31. The van der Waals surface area contributed by atoms with Gasteiger partial charge in [0.2, 0.25) is 0 Å². The molecule has 0 saturated heterocycles. The molecule has 0 unspecified atom stereocenters. The van der Waals surface area contributed by atoms with E-state index < -0.39 is 0 Å². The molecule has 17 heavy (non-hydrogen) atoms. The van der Waals surface area contributed by atoms with Crippen molar-refractivity contribution in [2.75, 3.05) is 0 Å². The monoisotopic (exact) mass is 236 g/mol. The van der Waals surface area contributed by atoms with Crippen molar-refractivity contribution in [3.63, 3.8) is 0 Å². The van der Waals surface area contributed by atoms with Gasteiger partial charge in [0.25, 0.3) is 0 Å². The fraction of sp³-hybridized carbons (Fsp3) is 0.533. The highest BCUT2D eigenvalue weighted by atomic mass is 19.1. The van der Waals surface area contributed by atoms with E-state index in [1.165, 1.54) is 0 Å². The predicted molar refractivity (Wildman–Crippen MR) is 69.2 cm³/mol. The highest BCUT2D eigenvalue weighted by molar-refractivity contribution is 5.76. The summed E-state index contributed by atoms with van der Waals surface area (Å²) in [5, 5.41) is 0. The first-order valence-corrected chi connectivity index (χ1v) is 5.87. The van der Waals surface area contributed by atoms with Crippen LogP contribution < -0.4 is 0 Å². The van der Waals surface area contributed by atoms with Crippen molar-refractivity contribution in [3.8, 4) is 0 Å². The van der Waals surface area contributed by atoms with Gasteiger partial charge in [-0.1, -0.05) is 47.6 Å². The fourth-order valence-electron chi connectivity index (χ4n) is 2.04. The van der Waals surface area contributed by atoms with Crippen LogP contribution in [-0.2, 0) is 10.8 Å². The molecule has 0 saturated carbocycles. The van der Waals surface area contributed by atoms with Crippen molar-refractivity contribution in [3.05, 3.63) is 34.6 Å². The van der Waals surface area contributed by atoms with Crippen LogP contribution in [0.2, 0.25) is 0 Å². The van der Waals surface area contributed by atoms with E-state index in [-0.39, 0.29) is 22.2 Å². The first-order valence-electron chi connectivity index (χ1n) is 5.87. The predicted octanol–water partition coefficient (Wildman–Crippen LogP) is 4.23. The highest BCUT2D eigenvalue weighted by Crippen LogP contribution is 2.36. The Hall–Kier alpha value is -1.18. The normalized spacial score (nSPS) is 12.6. The van der Waals surface area contributed by atoms with Gasteiger partial charge < -0.3 is 0 Å². The Balaban J connectivity index is 3.65. The van der Waals surface area contributed by atoms with Crippen LogP contribution in [0.1, 0.15) is 63.0 Å². The lowest BCUT2D eigenvalue weighted by Gasteiger charge is -2.30. The van der Waals surface area contributed by atoms with Crippen molar-refractivity contribution >= 4 is 6.29 Å². The van der Waals surface area contributed by atoms with Gasteiger partial charge in [0, 0.05) is 0 Å². The summed E-state index contributed by atoms with van der Waals surface area (Å²) >= 11 is 0. The Labute approximate surface area is 103 Å². The Kier molecular flexibility index (Phi) is 3.47. The minimum absolute atomic E-state index is 0.134. The van der Waals surface area contributed by atoms with Gasteiger partial charge in [-0.2, -0.15) is 0 Å². The summed E-state index contributed by atoms with van der Waals surface area (Å²) in [6.45, 7) is 12.1. The van der Waals surface area contributed by atoms with Crippen LogP contribution in [0.4, 0.5) is 4.39 Å². The number of hydrogen-bond donors (Lipinski definition) is 0. The molecule has 1 aromatic carbocycles. The first-order chi connectivity index (χ1) is 7.59. The first kappa shape index (κ1) is 13.9. The molecule has 0 amide bonds. The zero-order valence-electron chi connectivity index (χ0n) is 11.5. The highest BCUT2D eigenvalue weighted by Gasteiger charge is 2.29. The Bertz CT molecular complexity index is 433. The van der Waals surface area contributed by atoms with E-state index in [2.05, 4.69) is 20.8 Å². The van der Waals surface area contributed by atoms with E-state index in [0.29, 0.717) is 11.8 Å². The number of halogens is 1.